The molecule has 1 aromatic rings. The number of carbonyl (C=O) groups excluding carboxylic acids is 2. The minimum absolute atomic E-state index is 0.00225. The summed E-state index contributed by atoms with van der Waals surface area (Å²) < 4.78 is 5.58. The number of pyridine rings is 1. The Bertz CT molecular complexity index is 846. The first-order valence-corrected chi connectivity index (χ1v) is 13.4. The SMILES string of the molecule is CCC(C)(C)CC=CC(C)(CC)C(C)(C)CC(C)(C)C(=O)NCCOCCNC(=O)c1cccnc1. The van der Waals surface area contributed by atoms with Gasteiger partial charge in [-0.25, -0.2) is 0 Å². The molecule has 0 aliphatic carbocycles. The molecule has 0 fully saturated rings. The summed E-state index contributed by atoms with van der Waals surface area (Å²) in [4.78, 5) is 29.0. The maximum absolute atomic E-state index is 13.0. The van der Waals surface area contributed by atoms with E-state index in [4.69, 9.17) is 4.74 Å². The number of nitrogens with one attached hydrogen (secondary N) is 2. The van der Waals surface area contributed by atoms with E-state index in [1.165, 1.54) is 6.20 Å². The van der Waals surface area contributed by atoms with E-state index in [0.29, 0.717) is 37.3 Å². The van der Waals surface area contributed by atoms with Crippen LogP contribution < -0.4 is 10.6 Å². The Morgan fingerprint density at radius 2 is 1.61 bits per heavy atom. The predicted molar refractivity (Wildman–Crippen MR) is 149 cm³/mol. The molecule has 0 aromatic carbocycles. The third kappa shape index (κ3) is 10.0. The lowest BCUT2D eigenvalue weighted by Gasteiger charge is -2.46. The van der Waals surface area contributed by atoms with Crippen LogP contribution in [0.15, 0.2) is 36.7 Å². The van der Waals surface area contributed by atoms with Crippen LogP contribution in [-0.4, -0.2) is 43.1 Å². The number of carbonyl (C=O) groups is 2. The van der Waals surface area contributed by atoms with Crippen molar-refractivity contribution in [2.45, 2.75) is 88.0 Å². The second kappa shape index (κ2) is 13.9. The van der Waals surface area contributed by atoms with Gasteiger partial charge in [0.15, 0.2) is 0 Å². The molecule has 2 amide bonds. The van der Waals surface area contributed by atoms with Crippen molar-refractivity contribution >= 4 is 11.8 Å². The Morgan fingerprint density at radius 1 is 0.972 bits per heavy atom. The summed E-state index contributed by atoms with van der Waals surface area (Å²) in [5, 5.41) is 5.83. The van der Waals surface area contributed by atoms with Gasteiger partial charge in [0.1, 0.15) is 0 Å². The Labute approximate surface area is 220 Å². The average Bonchev–Trinajstić information content (AvgIpc) is 2.82. The molecule has 0 saturated heterocycles. The summed E-state index contributed by atoms with van der Waals surface area (Å²) in [5.74, 6) is -0.133. The largest absolute Gasteiger partial charge is 0.378 e. The highest BCUT2D eigenvalue weighted by molar-refractivity contribution is 5.93. The lowest BCUT2D eigenvalue weighted by Crippen LogP contribution is -2.44. The third-order valence-corrected chi connectivity index (χ3v) is 7.88. The third-order valence-electron chi connectivity index (χ3n) is 7.88. The molecule has 0 saturated carbocycles. The molecule has 1 heterocycles. The predicted octanol–water partition coefficient (Wildman–Crippen LogP) is 6.19. The molecule has 0 aliphatic heterocycles. The van der Waals surface area contributed by atoms with Crippen molar-refractivity contribution in [1.82, 2.24) is 15.6 Å². The van der Waals surface area contributed by atoms with Crippen LogP contribution in [0.1, 0.15) is 98.4 Å². The van der Waals surface area contributed by atoms with Crippen molar-refractivity contribution < 1.29 is 14.3 Å². The number of amides is 2. The molecule has 6 nitrogen and oxygen atoms in total. The lowest BCUT2D eigenvalue weighted by molar-refractivity contribution is -0.132. The number of aromatic nitrogens is 1. The molecule has 0 bridgehead atoms. The van der Waals surface area contributed by atoms with Crippen LogP contribution in [0.4, 0.5) is 0 Å². The molecule has 0 radical (unpaired) electrons. The van der Waals surface area contributed by atoms with Gasteiger partial charge < -0.3 is 15.4 Å². The fraction of sp³-hybridized carbons (Fsp3) is 0.700. The summed E-state index contributed by atoms with van der Waals surface area (Å²) in [6.07, 6.45) is 11.9. The van der Waals surface area contributed by atoms with Gasteiger partial charge >= 0.3 is 0 Å². The highest BCUT2D eigenvalue weighted by Gasteiger charge is 2.43. The first-order valence-electron chi connectivity index (χ1n) is 13.4. The highest BCUT2D eigenvalue weighted by Crippen LogP contribution is 2.50. The highest BCUT2D eigenvalue weighted by atomic mass is 16.5. The lowest BCUT2D eigenvalue weighted by atomic mass is 9.59. The molecule has 36 heavy (non-hydrogen) atoms. The summed E-state index contributed by atoms with van der Waals surface area (Å²) in [6, 6.07) is 3.44. The minimum Gasteiger partial charge on any atom is -0.378 e. The number of nitrogens with zero attached hydrogens (tertiary/aromatic N) is 1. The fourth-order valence-electron chi connectivity index (χ4n) is 4.41. The van der Waals surface area contributed by atoms with Gasteiger partial charge in [0, 0.05) is 30.9 Å². The van der Waals surface area contributed by atoms with E-state index in [2.05, 4.69) is 76.2 Å². The molecular weight excluding hydrogens is 450 g/mol. The van der Waals surface area contributed by atoms with Crippen molar-refractivity contribution in [3.8, 4) is 0 Å². The maximum Gasteiger partial charge on any atom is 0.252 e. The topological polar surface area (TPSA) is 80.3 Å². The van der Waals surface area contributed by atoms with Crippen LogP contribution in [0, 0.1) is 21.7 Å². The molecule has 204 valence electrons. The molecule has 2 N–H and O–H groups in total. The first-order chi connectivity index (χ1) is 16.7. The van der Waals surface area contributed by atoms with Crippen molar-refractivity contribution in [2.24, 2.45) is 21.7 Å². The zero-order valence-electron chi connectivity index (χ0n) is 24.3. The number of hydrogen-bond acceptors (Lipinski definition) is 4. The standard InChI is InChI=1S/C30H51N3O3/c1-10-27(3,4)15-13-16-30(9,11-2)29(7,8)23-28(5,6)26(35)33-19-21-36-20-18-32-25(34)24-14-12-17-31-22-24/h12-14,16-17,22H,10-11,15,18-21,23H2,1-9H3,(H,32,34)(H,33,35). The second-order valence-corrected chi connectivity index (χ2v) is 12.2. The van der Waals surface area contributed by atoms with Crippen LogP contribution >= 0.6 is 0 Å². The maximum atomic E-state index is 13.0. The van der Waals surface area contributed by atoms with E-state index >= 15 is 0 Å². The summed E-state index contributed by atoms with van der Waals surface area (Å²) in [7, 11) is 0. The van der Waals surface area contributed by atoms with Gasteiger partial charge in [0.25, 0.3) is 5.91 Å². The van der Waals surface area contributed by atoms with E-state index in [9.17, 15) is 9.59 Å². The van der Waals surface area contributed by atoms with E-state index in [-0.39, 0.29) is 22.6 Å². The molecular formula is C30H51N3O3. The van der Waals surface area contributed by atoms with E-state index in [0.717, 1.165) is 25.7 Å². The molecule has 1 rings (SSSR count). The number of rotatable bonds is 16. The van der Waals surface area contributed by atoms with Crippen molar-refractivity contribution in [3.05, 3.63) is 42.2 Å². The summed E-state index contributed by atoms with van der Waals surface area (Å²) in [6.45, 7) is 21.7. The molecule has 1 aromatic heterocycles. The van der Waals surface area contributed by atoms with Gasteiger partial charge in [-0.1, -0.05) is 80.9 Å². The van der Waals surface area contributed by atoms with Gasteiger partial charge in [-0.2, -0.15) is 0 Å². The zero-order chi connectivity index (χ0) is 27.5. The van der Waals surface area contributed by atoms with Crippen LogP contribution in [-0.2, 0) is 9.53 Å². The van der Waals surface area contributed by atoms with Crippen molar-refractivity contribution in [1.29, 1.82) is 0 Å². The normalized spacial score (nSPS) is 14.5. The Hall–Kier alpha value is -2.21. The quantitative estimate of drug-likeness (QED) is 0.209. The summed E-state index contributed by atoms with van der Waals surface area (Å²) in [5.41, 5.74) is 0.264. The Balaban J connectivity index is 2.49. The van der Waals surface area contributed by atoms with Crippen LogP contribution in [0.5, 0.6) is 0 Å². The molecule has 0 aliphatic rings. The van der Waals surface area contributed by atoms with Crippen LogP contribution in [0.2, 0.25) is 0 Å². The monoisotopic (exact) mass is 501 g/mol. The number of allylic oxidation sites excluding steroid dienone is 2. The van der Waals surface area contributed by atoms with Gasteiger partial charge in [-0.3, -0.25) is 14.6 Å². The Kier molecular flexibility index (Phi) is 12.3. The van der Waals surface area contributed by atoms with Gasteiger partial charge in [-0.05, 0) is 47.6 Å². The molecule has 6 heteroatoms. The molecule has 1 unspecified atom stereocenters. The van der Waals surface area contributed by atoms with E-state index in [1.807, 2.05) is 13.8 Å². The van der Waals surface area contributed by atoms with Crippen molar-refractivity contribution in [2.75, 3.05) is 26.3 Å². The van der Waals surface area contributed by atoms with E-state index in [1.54, 1.807) is 18.3 Å². The second-order valence-electron chi connectivity index (χ2n) is 12.2. The van der Waals surface area contributed by atoms with Gasteiger partial charge in [0.2, 0.25) is 5.91 Å². The van der Waals surface area contributed by atoms with Gasteiger partial charge in [0.05, 0.1) is 18.8 Å². The molecule has 1 atom stereocenters. The van der Waals surface area contributed by atoms with Gasteiger partial charge in [-0.15, -0.1) is 0 Å². The van der Waals surface area contributed by atoms with Crippen LogP contribution in [0.25, 0.3) is 0 Å². The Morgan fingerprint density at radius 3 is 2.17 bits per heavy atom. The van der Waals surface area contributed by atoms with Crippen molar-refractivity contribution in [3.63, 3.8) is 0 Å². The first kappa shape index (κ1) is 31.8. The average molecular weight is 502 g/mol. The number of ether oxygens (including phenoxy) is 1. The summed E-state index contributed by atoms with van der Waals surface area (Å²) >= 11 is 0. The van der Waals surface area contributed by atoms with E-state index < -0.39 is 5.41 Å². The minimum atomic E-state index is -0.506. The smallest absolute Gasteiger partial charge is 0.252 e. The van der Waals surface area contributed by atoms with Crippen LogP contribution in [0.3, 0.4) is 0 Å². The molecule has 0 spiro atoms. The fourth-order valence-corrected chi connectivity index (χ4v) is 4.41. The number of hydrogen-bond donors (Lipinski definition) is 2. The zero-order valence-corrected chi connectivity index (χ0v) is 24.3.